The van der Waals surface area contributed by atoms with Crippen LogP contribution in [0.1, 0.15) is 44.8 Å². The summed E-state index contributed by atoms with van der Waals surface area (Å²) in [5, 5.41) is 11.2. The van der Waals surface area contributed by atoms with Gasteiger partial charge in [-0.3, -0.25) is 4.79 Å². The average molecular weight is 358 g/mol. The Morgan fingerprint density at radius 2 is 2.04 bits per heavy atom. The molecule has 6 heteroatoms. The van der Waals surface area contributed by atoms with Gasteiger partial charge in [0.2, 0.25) is 0 Å². The molecule has 0 radical (unpaired) electrons. The fourth-order valence-electron chi connectivity index (χ4n) is 6.16. The van der Waals surface area contributed by atoms with Crippen molar-refractivity contribution in [1.29, 1.82) is 0 Å². The standard InChI is InChI=1S/C20H22O6/c1-18-9-14(11-5-8-24-10-11)25-16(21)12(18)3-6-19(2)15(18)13-4-7-20(19,23)17(22)26-13/h4-5,7-8,10,12-15,23H,3,6,9H2,1-2H3/t12-,13?,14-,15?,18+,19+,20-/m0/s1. The normalized spacial score (nSPS) is 49.2. The Morgan fingerprint density at radius 3 is 2.73 bits per heavy atom. The van der Waals surface area contributed by atoms with E-state index in [2.05, 4.69) is 6.92 Å². The van der Waals surface area contributed by atoms with E-state index in [1.165, 1.54) is 0 Å². The minimum Gasteiger partial charge on any atom is -0.472 e. The van der Waals surface area contributed by atoms with Crippen LogP contribution in [-0.4, -0.2) is 28.8 Å². The number of aliphatic hydroxyl groups is 1. The first-order valence-corrected chi connectivity index (χ1v) is 9.15. The largest absolute Gasteiger partial charge is 0.472 e. The molecule has 6 nitrogen and oxygen atoms in total. The lowest BCUT2D eigenvalue weighted by Gasteiger charge is -2.65. The summed E-state index contributed by atoms with van der Waals surface area (Å²) in [6.07, 6.45) is 7.52. The van der Waals surface area contributed by atoms with E-state index in [9.17, 15) is 14.7 Å². The second-order valence-electron chi connectivity index (χ2n) is 8.67. The molecule has 3 aliphatic heterocycles. The van der Waals surface area contributed by atoms with Gasteiger partial charge < -0.3 is 19.0 Å². The second kappa shape index (κ2) is 4.80. The first-order chi connectivity index (χ1) is 12.3. The average Bonchev–Trinajstić information content (AvgIpc) is 3.10. The molecule has 6 rings (SSSR count). The van der Waals surface area contributed by atoms with E-state index in [0.29, 0.717) is 19.3 Å². The maximum absolute atomic E-state index is 12.8. The predicted molar refractivity (Wildman–Crippen MR) is 88.6 cm³/mol. The summed E-state index contributed by atoms with van der Waals surface area (Å²) < 4.78 is 16.4. The van der Waals surface area contributed by atoms with Crippen LogP contribution in [0.3, 0.4) is 0 Å². The predicted octanol–water partition coefficient (Wildman–Crippen LogP) is 2.53. The zero-order chi connectivity index (χ0) is 18.3. The van der Waals surface area contributed by atoms with Gasteiger partial charge in [0.25, 0.3) is 0 Å². The molecular weight excluding hydrogens is 336 g/mol. The van der Waals surface area contributed by atoms with Crippen LogP contribution < -0.4 is 0 Å². The van der Waals surface area contributed by atoms with Crippen LogP contribution in [0.4, 0.5) is 0 Å². The minimum absolute atomic E-state index is 0.149. The molecule has 7 atom stereocenters. The molecule has 3 fully saturated rings. The number of carbonyl (C=O) groups is 2. The molecule has 1 saturated carbocycles. The van der Waals surface area contributed by atoms with E-state index in [0.717, 1.165) is 5.56 Å². The molecule has 2 saturated heterocycles. The fourth-order valence-corrected chi connectivity index (χ4v) is 6.16. The van der Waals surface area contributed by atoms with Crippen LogP contribution >= 0.6 is 0 Å². The highest BCUT2D eigenvalue weighted by Crippen LogP contribution is 2.67. The van der Waals surface area contributed by atoms with E-state index in [4.69, 9.17) is 13.9 Å². The first kappa shape index (κ1) is 16.1. The molecule has 2 aliphatic carbocycles. The third kappa shape index (κ3) is 1.71. The van der Waals surface area contributed by atoms with Crippen molar-refractivity contribution in [3.8, 4) is 0 Å². The summed E-state index contributed by atoms with van der Waals surface area (Å²) in [5.74, 6) is -1.20. The molecule has 26 heavy (non-hydrogen) atoms. The van der Waals surface area contributed by atoms with Gasteiger partial charge >= 0.3 is 11.9 Å². The number of ether oxygens (including phenoxy) is 2. The lowest BCUT2D eigenvalue weighted by molar-refractivity contribution is -0.259. The van der Waals surface area contributed by atoms with Crippen molar-refractivity contribution in [2.24, 2.45) is 22.7 Å². The lowest BCUT2D eigenvalue weighted by Crippen LogP contribution is -2.72. The summed E-state index contributed by atoms with van der Waals surface area (Å²) >= 11 is 0. The third-order valence-electron chi connectivity index (χ3n) is 7.51. The summed E-state index contributed by atoms with van der Waals surface area (Å²) in [5.41, 5.74) is -1.91. The maximum Gasteiger partial charge on any atom is 0.343 e. The topological polar surface area (TPSA) is 86.0 Å². The number of furan rings is 1. The number of hydrogen-bond donors (Lipinski definition) is 1. The fraction of sp³-hybridized carbons (Fsp3) is 0.600. The van der Waals surface area contributed by atoms with Gasteiger partial charge in [0, 0.05) is 16.9 Å². The molecule has 1 N–H and O–H groups in total. The highest BCUT2D eigenvalue weighted by Gasteiger charge is 2.72. The number of cyclic esters (lactones) is 1. The monoisotopic (exact) mass is 358 g/mol. The Kier molecular flexibility index (Phi) is 2.97. The van der Waals surface area contributed by atoms with Gasteiger partial charge in [-0.1, -0.05) is 13.8 Å². The van der Waals surface area contributed by atoms with Gasteiger partial charge in [-0.15, -0.1) is 0 Å². The Hall–Kier alpha value is -2.08. The molecule has 0 amide bonds. The lowest BCUT2D eigenvalue weighted by atomic mass is 9.42. The van der Waals surface area contributed by atoms with Crippen molar-refractivity contribution in [1.82, 2.24) is 0 Å². The van der Waals surface area contributed by atoms with E-state index in [1.54, 1.807) is 24.7 Å². The summed E-state index contributed by atoms with van der Waals surface area (Å²) in [6.45, 7) is 4.04. The minimum atomic E-state index is -1.63. The van der Waals surface area contributed by atoms with Crippen LogP contribution in [0.15, 0.2) is 35.2 Å². The molecule has 0 aromatic carbocycles. The molecule has 138 valence electrons. The second-order valence-corrected chi connectivity index (χ2v) is 8.67. The van der Waals surface area contributed by atoms with E-state index in [1.807, 2.05) is 13.0 Å². The number of hydrogen-bond acceptors (Lipinski definition) is 6. The van der Waals surface area contributed by atoms with Crippen molar-refractivity contribution >= 4 is 11.9 Å². The molecule has 1 aromatic rings. The van der Waals surface area contributed by atoms with Crippen molar-refractivity contribution in [3.63, 3.8) is 0 Å². The van der Waals surface area contributed by atoms with Crippen LogP contribution in [0.25, 0.3) is 0 Å². The highest BCUT2D eigenvalue weighted by atomic mass is 16.6. The Morgan fingerprint density at radius 1 is 1.23 bits per heavy atom. The SMILES string of the molecule is C[C@@]12C[C@@H](c3ccoc3)OC(=O)[C@@H]1CC[C@]1(C)C2C2C=C[C@]1(O)C(=O)O2. The maximum atomic E-state index is 12.8. The highest BCUT2D eigenvalue weighted by molar-refractivity contribution is 5.86. The van der Waals surface area contributed by atoms with Crippen molar-refractivity contribution < 1.29 is 28.6 Å². The number of fused-ring (bicyclic) bond motifs is 2. The quantitative estimate of drug-likeness (QED) is 0.613. The number of rotatable bonds is 1. The number of esters is 2. The van der Waals surface area contributed by atoms with Gasteiger partial charge in [-0.2, -0.15) is 0 Å². The molecule has 1 aromatic heterocycles. The van der Waals surface area contributed by atoms with Crippen LogP contribution in [-0.2, 0) is 19.1 Å². The van der Waals surface area contributed by atoms with Gasteiger partial charge in [0.05, 0.1) is 18.4 Å². The van der Waals surface area contributed by atoms with Crippen molar-refractivity contribution in [3.05, 3.63) is 36.3 Å². The zero-order valence-electron chi connectivity index (χ0n) is 14.8. The Balaban J connectivity index is 1.61. The molecule has 0 spiro atoms. The van der Waals surface area contributed by atoms with Gasteiger partial charge in [-0.25, -0.2) is 4.79 Å². The molecule has 4 heterocycles. The van der Waals surface area contributed by atoms with Crippen LogP contribution in [0.2, 0.25) is 0 Å². The summed E-state index contributed by atoms with van der Waals surface area (Å²) in [4.78, 5) is 25.2. The first-order valence-electron chi connectivity index (χ1n) is 9.15. The van der Waals surface area contributed by atoms with Crippen LogP contribution in [0, 0.1) is 22.7 Å². The summed E-state index contributed by atoms with van der Waals surface area (Å²) in [6, 6.07) is 1.81. The molecule has 2 bridgehead atoms. The van der Waals surface area contributed by atoms with Gasteiger partial charge in [0.1, 0.15) is 12.2 Å². The molecule has 2 unspecified atom stereocenters. The molecular formula is C20H22O6. The van der Waals surface area contributed by atoms with Crippen LogP contribution in [0.5, 0.6) is 0 Å². The number of carbonyl (C=O) groups excluding carboxylic acids is 2. The smallest absolute Gasteiger partial charge is 0.343 e. The van der Waals surface area contributed by atoms with E-state index >= 15 is 0 Å². The van der Waals surface area contributed by atoms with E-state index < -0.39 is 28.5 Å². The third-order valence-corrected chi connectivity index (χ3v) is 7.51. The van der Waals surface area contributed by atoms with Crippen molar-refractivity contribution in [2.45, 2.75) is 50.9 Å². The van der Waals surface area contributed by atoms with Gasteiger partial charge in [0.15, 0.2) is 5.60 Å². The van der Waals surface area contributed by atoms with Gasteiger partial charge in [-0.05, 0) is 42.9 Å². The Labute approximate surface area is 151 Å². The van der Waals surface area contributed by atoms with Crippen molar-refractivity contribution in [2.75, 3.05) is 0 Å². The Bertz CT molecular complexity index is 812. The zero-order valence-corrected chi connectivity index (χ0v) is 14.8. The summed E-state index contributed by atoms with van der Waals surface area (Å²) in [7, 11) is 0. The van der Waals surface area contributed by atoms with E-state index in [-0.39, 0.29) is 23.9 Å². The molecule has 5 aliphatic rings.